The Morgan fingerprint density at radius 1 is 1.33 bits per heavy atom. The lowest BCUT2D eigenvalue weighted by molar-refractivity contribution is -0.0272. The van der Waals surface area contributed by atoms with E-state index in [-0.39, 0.29) is 17.9 Å². The molecule has 0 aliphatic carbocycles. The van der Waals surface area contributed by atoms with Crippen LogP contribution in [0.1, 0.15) is 34.9 Å². The highest BCUT2D eigenvalue weighted by Crippen LogP contribution is 2.33. The summed E-state index contributed by atoms with van der Waals surface area (Å²) in [5.74, 6) is 0.323. The molecule has 2 heterocycles. The van der Waals surface area contributed by atoms with E-state index in [4.69, 9.17) is 21.1 Å². The minimum Gasteiger partial charge on any atom is -0.496 e. The summed E-state index contributed by atoms with van der Waals surface area (Å²) in [6.07, 6.45) is 3.34. The van der Waals surface area contributed by atoms with Crippen LogP contribution < -0.4 is 10.1 Å². The van der Waals surface area contributed by atoms with Crippen LogP contribution in [0.3, 0.4) is 0 Å². The van der Waals surface area contributed by atoms with Crippen molar-refractivity contribution >= 4 is 17.5 Å². The molecule has 156 valence electrons. The fraction of sp³-hybridized carbons (Fsp3) is 0.333. The van der Waals surface area contributed by atoms with Crippen molar-refractivity contribution in [2.45, 2.75) is 18.9 Å². The molecule has 8 nitrogen and oxygen atoms in total. The van der Waals surface area contributed by atoms with E-state index in [0.29, 0.717) is 28.6 Å². The van der Waals surface area contributed by atoms with Crippen molar-refractivity contribution < 1.29 is 14.3 Å². The summed E-state index contributed by atoms with van der Waals surface area (Å²) in [4.78, 5) is 12.9. The molecule has 0 radical (unpaired) electrons. The van der Waals surface area contributed by atoms with Crippen molar-refractivity contribution in [1.29, 1.82) is 0 Å². The number of methoxy groups -OCH3 is 1. The predicted molar refractivity (Wildman–Crippen MR) is 111 cm³/mol. The Morgan fingerprint density at radius 2 is 2.17 bits per heavy atom. The van der Waals surface area contributed by atoms with Gasteiger partial charge in [-0.2, -0.15) is 4.68 Å². The topological polar surface area (TPSA) is 91.2 Å². The molecule has 2 unspecified atom stereocenters. The summed E-state index contributed by atoms with van der Waals surface area (Å²) >= 11 is 6.37. The zero-order valence-corrected chi connectivity index (χ0v) is 17.2. The van der Waals surface area contributed by atoms with Gasteiger partial charge in [0.1, 0.15) is 12.1 Å². The summed E-state index contributed by atoms with van der Waals surface area (Å²) in [5.41, 5.74) is 2.01. The Kier molecular flexibility index (Phi) is 6.25. The second kappa shape index (κ2) is 9.23. The Morgan fingerprint density at radius 3 is 2.90 bits per heavy atom. The maximum absolute atomic E-state index is 12.9. The van der Waals surface area contributed by atoms with Crippen molar-refractivity contribution in [3.05, 3.63) is 64.9 Å². The first kappa shape index (κ1) is 20.3. The summed E-state index contributed by atoms with van der Waals surface area (Å²) in [6, 6.07) is 13.3. The predicted octanol–water partition coefficient (Wildman–Crippen LogP) is 3.22. The van der Waals surface area contributed by atoms with Crippen LogP contribution in [0.5, 0.6) is 5.75 Å². The molecule has 1 aliphatic rings. The van der Waals surface area contributed by atoms with Gasteiger partial charge in [-0.3, -0.25) is 4.79 Å². The second-order valence-electron chi connectivity index (χ2n) is 7.07. The van der Waals surface area contributed by atoms with Crippen molar-refractivity contribution in [3.63, 3.8) is 0 Å². The number of nitrogens with one attached hydrogen (secondary N) is 1. The average Bonchev–Trinajstić information content (AvgIpc) is 3.33. The Balaban J connectivity index is 1.50. The standard InChI is InChI=1S/C21H22ClN5O3/c1-29-19-11-18(27-13-24-25-26-27)17(22)10-16(19)21(28)23-12-15-8-5-9-30-20(15)14-6-3-2-4-7-14/h2-4,6-7,10-11,13,15,20H,5,8-9,12H2,1H3,(H,23,28). The number of tetrazole rings is 1. The maximum atomic E-state index is 12.9. The SMILES string of the molecule is COc1cc(-n2cnnn2)c(Cl)cc1C(=O)NCC1CCCOC1c1ccccc1. The summed E-state index contributed by atoms with van der Waals surface area (Å²) in [6.45, 7) is 1.22. The highest BCUT2D eigenvalue weighted by Gasteiger charge is 2.28. The smallest absolute Gasteiger partial charge is 0.255 e. The molecule has 1 aliphatic heterocycles. The largest absolute Gasteiger partial charge is 0.496 e. The highest BCUT2D eigenvalue weighted by atomic mass is 35.5. The van der Waals surface area contributed by atoms with Gasteiger partial charge in [-0.05, 0) is 34.9 Å². The molecule has 1 saturated heterocycles. The van der Waals surface area contributed by atoms with Crippen LogP contribution in [0.15, 0.2) is 48.8 Å². The lowest BCUT2D eigenvalue weighted by Gasteiger charge is -2.32. The van der Waals surface area contributed by atoms with Gasteiger partial charge in [0, 0.05) is 25.1 Å². The normalized spacial score (nSPS) is 18.7. The Hall–Kier alpha value is -2.97. The number of hydrogen-bond donors (Lipinski definition) is 1. The van der Waals surface area contributed by atoms with Crippen molar-refractivity contribution in [2.75, 3.05) is 20.3 Å². The number of halogens is 1. The van der Waals surface area contributed by atoms with Crippen LogP contribution in [-0.2, 0) is 4.74 Å². The number of nitrogens with zero attached hydrogens (tertiary/aromatic N) is 4. The number of hydrogen-bond acceptors (Lipinski definition) is 6. The average molecular weight is 428 g/mol. The first-order valence-electron chi connectivity index (χ1n) is 9.73. The summed E-state index contributed by atoms with van der Waals surface area (Å²) < 4.78 is 12.8. The molecule has 1 fully saturated rings. The lowest BCUT2D eigenvalue weighted by Crippen LogP contribution is -2.35. The molecule has 1 amide bonds. The highest BCUT2D eigenvalue weighted by molar-refractivity contribution is 6.33. The van der Waals surface area contributed by atoms with Gasteiger partial charge < -0.3 is 14.8 Å². The molecule has 0 bridgehead atoms. The lowest BCUT2D eigenvalue weighted by atomic mass is 9.89. The molecule has 30 heavy (non-hydrogen) atoms. The minimum absolute atomic E-state index is 0.0343. The molecule has 9 heteroatoms. The third-order valence-electron chi connectivity index (χ3n) is 5.21. The van der Waals surface area contributed by atoms with Crippen LogP contribution in [0.4, 0.5) is 0 Å². The van der Waals surface area contributed by atoms with E-state index in [0.717, 1.165) is 25.0 Å². The maximum Gasteiger partial charge on any atom is 0.255 e. The number of benzene rings is 2. The zero-order chi connectivity index (χ0) is 20.9. The van der Waals surface area contributed by atoms with E-state index in [9.17, 15) is 4.79 Å². The van der Waals surface area contributed by atoms with Gasteiger partial charge in [-0.1, -0.05) is 41.9 Å². The summed E-state index contributed by atoms with van der Waals surface area (Å²) in [7, 11) is 1.50. The third-order valence-corrected chi connectivity index (χ3v) is 5.51. The van der Waals surface area contributed by atoms with Gasteiger partial charge in [0.05, 0.1) is 29.5 Å². The van der Waals surface area contributed by atoms with Crippen molar-refractivity contribution in [3.8, 4) is 11.4 Å². The van der Waals surface area contributed by atoms with E-state index in [1.165, 1.54) is 18.1 Å². The summed E-state index contributed by atoms with van der Waals surface area (Å²) in [5, 5.41) is 14.4. The molecule has 4 rings (SSSR count). The number of rotatable bonds is 6. The van der Waals surface area contributed by atoms with Gasteiger partial charge in [0.25, 0.3) is 5.91 Å². The second-order valence-corrected chi connectivity index (χ2v) is 7.48. The molecule has 0 saturated carbocycles. The van der Waals surface area contributed by atoms with Crippen LogP contribution in [0, 0.1) is 5.92 Å². The molecule has 1 aromatic heterocycles. The van der Waals surface area contributed by atoms with Gasteiger partial charge in [0.15, 0.2) is 0 Å². The zero-order valence-electron chi connectivity index (χ0n) is 16.5. The van der Waals surface area contributed by atoms with Crippen LogP contribution >= 0.6 is 11.6 Å². The third kappa shape index (κ3) is 4.29. The fourth-order valence-electron chi connectivity index (χ4n) is 3.72. The first-order valence-corrected chi connectivity index (χ1v) is 10.1. The van der Waals surface area contributed by atoms with Crippen LogP contribution in [0.2, 0.25) is 5.02 Å². The monoisotopic (exact) mass is 427 g/mol. The molecular formula is C21H22ClN5O3. The van der Waals surface area contributed by atoms with Crippen LogP contribution in [-0.4, -0.2) is 46.4 Å². The van der Waals surface area contributed by atoms with Crippen LogP contribution in [0.25, 0.3) is 5.69 Å². The minimum atomic E-state index is -0.255. The Labute approximate surface area is 179 Å². The number of ether oxygens (including phenoxy) is 2. The Bertz CT molecular complexity index is 997. The van der Waals surface area contributed by atoms with Gasteiger partial charge in [-0.25, -0.2) is 0 Å². The molecular weight excluding hydrogens is 406 g/mol. The van der Waals surface area contributed by atoms with Gasteiger partial charge >= 0.3 is 0 Å². The van der Waals surface area contributed by atoms with E-state index in [2.05, 4.69) is 33.0 Å². The first-order chi connectivity index (χ1) is 14.7. The van der Waals surface area contributed by atoms with E-state index in [1.807, 2.05) is 18.2 Å². The molecule has 0 spiro atoms. The quantitative estimate of drug-likeness (QED) is 0.649. The number of amides is 1. The van der Waals surface area contributed by atoms with Crippen molar-refractivity contribution in [2.24, 2.45) is 5.92 Å². The fourth-order valence-corrected chi connectivity index (χ4v) is 3.97. The number of aromatic nitrogens is 4. The number of carbonyl (C=O) groups is 1. The molecule has 2 aromatic carbocycles. The number of carbonyl (C=O) groups excluding carboxylic acids is 1. The van der Waals surface area contributed by atoms with E-state index < -0.39 is 0 Å². The molecule has 3 aromatic rings. The van der Waals surface area contributed by atoms with Gasteiger partial charge in [0.2, 0.25) is 0 Å². The van der Waals surface area contributed by atoms with Crippen molar-refractivity contribution in [1.82, 2.24) is 25.5 Å². The molecule has 2 atom stereocenters. The van der Waals surface area contributed by atoms with E-state index >= 15 is 0 Å². The molecule has 1 N–H and O–H groups in total. The van der Waals surface area contributed by atoms with Gasteiger partial charge in [-0.15, -0.1) is 5.10 Å². The van der Waals surface area contributed by atoms with E-state index in [1.54, 1.807) is 12.1 Å².